The van der Waals surface area contributed by atoms with Crippen LogP contribution in [0.25, 0.3) is 0 Å². The van der Waals surface area contributed by atoms with Crippen molar-refractivity contribution in [3.05, 3.63) is 53.6 Å². The molecule has 0 bridgehead atoms. The summed E-state index contributed by atoms with van der Waals surface area (Å²) < 4.78 is 0. The van der Waals surface area contributed by atoms with Gasteiger partial charge >= 0.3 is 0 Å². The molecular formula is C18H21N7. The maximum Gasteiger partial charge on any atom is 0.233 e. The first-order valence-corrected chi connectivity index (χ1v) is 7.93. The second-order valence-electron chi connectivity index (χ2n) is 5.80. The van der Waals surface area contributed by atoms with E-state index in [0.717, 1.165) is 11.4 Å². The van der Waals surface area contributed by atoms with Crippen molar-refractivity contribution in [1.29, 1.82) is 0 Å². The molecule has 0 spiro atoms. The van der Waals surface area contributed by atoms with Crippen LogP contribution in [0.3, 0.4) is 0 Å². The van der Waals surface area contributed by atoms with Gasteiger partial charge in [0.05, 0.1) is 0 Å². The van der Waals surface area contributed by atoms with E-state index in [0.29, 0.717) is 23.5 Å². The highest BCUT2D eigenvalue weighted by Crippen LogP contribution is 2.20. The van der Waals surface area contributed by atoms with Gasteiger partial charge < -0.3 is 21.7 Å². The lowest BCUT2D eigenvalue weighted by Crippen LogP contribution is -2.07. The zero-order chi connectivity index (χ0) is 17.8. The molecule has 2 aromatic carbocycles. The molecule has 128 valence electrons. The minimum absolute atomic E-state index is 0.441. The molecule has 0 saturated carbocycles. The Hall–Kier alpha value is -3.35. The molecule has 5 N–H and O–H groups in total. The number of nitrogen functional groups attached to an aromatic ring is 1. The fraction of sp³-hybridized carbons (Fsp3) is 0.167. The largest absolute Gasteiger partial charge is 0.399 e. The lowest BCUT2D eigenvalue weighted by molar-refractivity contribution is 1.06. The van der Waals surface area contributed by atoms with Crippen molar-refractivity contribution in [2.24, 2.45) is 0 Å². The Morgan fingerprint density at radius 2 is 1.24 bits per heavy atom. The topological polar surface area (TPSA) is 101 Å². The predicted octanol–water partition coefficient (Wildman–Crippen LogP) is 3.60. The molecule has 7 heteroatoms. The Labute approximate surface area is 146 Å². The molecule has 3 aromatic rings. The second-order valence-corrected chi connectivity index (χ2v) is 5.80. The van der Waals surface area contributed by atoms with E-state index in [9.17, 15) is 0 Å². The molecular weight excluding hydrogens is 314 g/mol. The van der Waals surface area contributed by atoms with Gasteiger partial charge in [0.25, 0.3) is 0 Å². The summed E-state index contributed by atoms with van der Waals surface area (Å²) in [4.78, 5) is 13.1. The number of aromatic nitrogens is 3. The predicted molar refractivity (Wildman–Crippen MR) is 103 cm³/mol. The van der Waals surface area contributed by atoms with Crippen LogP contribution in [0.1, 0.15) is 11.1 Å². The van der Waals surface area contributed by atoms with Gasteiger partial charge in [-0.1, -0.05) is 6.07 Å². The van der Waals surface area contributed by atoms with E-state index in [1.165, 1.54) is 11.1 Å². The molecule has 1 heterocycles. The molecule has 1 aromatic heterocycles. The molecule has 0 saturated heterocycles. The fourth-order valence-corrected chi connectivity index (χ4v) is 2.47. The summed E-state index contributed by atoms with van der Waals surface area (Å²) in [5.74, 6) is 1.37. The SMILES string of the molecule is CNc1nc(Nc2ccc(N)cc2)nc(Nc2cc(C)cc(C)c2)n1. The number of benzene rings is 2. The number of nitrogens with two attached hydrogens (primary N) is 1. The van der Waals surface area contributed by atoms with Crippen LogP contribution in [0.4, 0.5) is 34.9 Å². The van der Waals surface area contributed by atoms with Crippen LogP contribution in [0.15, 0.2) is 42.5 Å². The van der Waals surface area contributed by atoms with Crippen LogP contribution in [0, 0.1) is 13.8 Å². The molecule has 0 amide bonds. The Kier molecular flexibility index (Phi) is 4.65. The van der Waals surface area contributed by atoms with Crippen LogP contribution < -0.4 is 21.7 Å². The molecule has 3 rings (SSSR count). The van der Waals surface area contributed by atoms with Crippen LogP contribution in [-0.2, 0) is 0 Å². The molecule has 7 nitrogen and oxygen atoms in total. The lowest BCUT2D eigenvalue weighted by Gasteiger charge is -2.11. The summed E-state index contributed by atoms with van der Waals surface area (Å²) >= 11 is 0. The number of hydrogen-bond acceptors (Lipinski definition) is 7. The number of nitrogens with zero attached hydrogens (tertiary/aromatic N) is 3. The van der Waals surface area contributed by atoms with Crippen LogP contribution >= 0.6 is 0 Å². The third kappa shape index (κ3) is 4.35. The van der Waals surface area contributed by atoms with Gasteiger partial charge in [-0.25, -0.2) is 0 Å². The van der Waals surface area contributed by atoms with Crippen molar-refractivity contribution in [1.82, 2.24) is 15.0 Å². The molecule has 0 radical (unpaired) electrons. The summed E-state index contributed by atoms with van der Waals surface area (Å²) in [6.07, 6.45) is 0. The fourth-order valence-electron chi connectivity index (χ4n) is 2.47. The van der Waals surface area contributed by atoms with Gasteiger partial charge in [0.1, 0.15) is 0 Å². The first-order valence-electron chi connectivity index (χ1n) is 7.93. The Morgan fingerprint density at radius 3 is 1.80 bits per heavy atom. The van der Waals surface area contributed by atoms with E-state index in [1.54, 1.807) is 7.05 Å². The van der Waals surface area contributed by atoms with Crippen molar-refractivity contribution in [3.63, 3.8) is 0 Å². The third-order valence-corrected chi connectivity index (χ3v) is 3.50. The highest BCUT2D eigenvalue weighted by Gasteiger charge is 2.07. The van der Waals surface area contributed by atoms with Gasteiger partial charge in [-0.3, -0.25) is 0 Å². The normalized spacial score (nSPS) is 10.4. The maximum absolute atomic E-state index is 5.71. The summed E-state index contributed by atoms with van der Waals surface area (Å²) in [7, 11) is 1.77. The van der Waals surface area contributed by atoms with Gasteiger partial charge in [-0.2, -0.15) is 15.0 Å². The highest BCUT2D eigenvalue weighted by molar-refractivity contribution is 5.61. The summed E-state index contributed by atoms with van der Waals surface area (Å²) in [6.45, 7) is 4.11. The van der Waals surface area contributed by atoms with Crippen molar-refractivity contribution in [3.8, 4) is 0 Å². The molecule has 25 heavy (non-hydrogen) atoms. The van der Waals surface area contributed by atoms with E-state index in [1.807, 2.05) is 36.4 Å². The van der Waals surface area contributed by atoms with Crippen LogP contribution in [0.5, 0.6) is 0 Å². The van der Waals surface area contributed by atoms with Crippen LogP contribution in [0.2, 0.25) is 0 Å². The average Bonchev–Trinajstić information content (AvgIpc) is 2.56. The zero-order valence-electron chi connectivity index (χ0n) is 14.5. The molecule has 0 atom stereocenters. The van der Waals surface area contributed by atoms with Crippen LogP contribution in [-0.4, -0.2) is 22.0 Å². The minimum Gasteiger partial charge on any atom is -0.399 e. The number of nitrogens with one attached hydrogen (secondary N) is 3. The molecule has 0 aliphatic heterocycles. The third-order valence-electron chi connectivity index (χ3n) is 3.50. The van der Waals surface area contributed by atoms with Crippen molar-refractivity contribution >= 4 is 34.9 Å². The highest BCUT2D eigenvalue weighted by atomic mass is 15.3. The summed E-state index contributed by atoms with van der Waals surface area (Å²) in [5.41, 5.74) is 10.5. The summed E-state index contributed by atoms with van der Waals surface area (Å²) in [6, 6.07) is 13.6. The first kappa shape index (κ1) is 16.5. The van der Waals surface area contributed by atoms with E-state index < -0.39 is 0 Å². The van der Waals surface area contributed by atoms with Crippen molar-refractivity contribution in [2.75, 3.05) is 28.7 Å². The number of anilines is 6. The van der Waals surface area contributed by atoms with E-state index in [2.05, 4.69) is 50.8 Å². The Balaban J connectivity index is 1.87. The van der Waals surface area contributed by atoms with E-state index in [-0.39, 0.29) is 0 Å². The number of aryl methyl sites for hydroxylation is 2. The zero-order valence-corrected chi connectivity index (χ0v) is 14.5. The van der Waals surface area contributed by atoms with Gasteiger partial charge in [0, 0.05) is 24.1 Å². The summed E-state index contributed by atoms with van der Waals surface area (Å²) in [5, 5.41) is 9.34. The molecule has 0 aliphatic carbocycles. The average molecular weight is 335 g/mol. The van der Waals surface area contributed by atoms with Crippen molar-refractivity contribution < 1.29 is 0 Å². The standard InChI is InChI=1S/C18H21N7/c1-11-8-12(2)10-15(9-11)22-18-24-16(20-3)23-17(25-18)21-14-6-4-13(19)5-7-14/h4-10H,19H2,1-3H3,(H3,20,21,22,23,24,25). The number of hydrogen-bond donors (Lipinski definition) is 4. The van der Waals surface area contributed by atoms with Gasteiger partial charge in [-0.05, 0) is 61.4 Å². The molecule has 0 aliphatic rings. The van der Waals surface area contributed by atoms with E-state index in [4.69, 9.17) is 5.73 Å². The Bertz CT molecular complexity index is 855. The van der Waals surface area contributed by atoms with Gasteiger partial charge in [-0.15, -0.1) is 0 Å². The van der Waals surface area contributed by atoms with Gasteiger partial charge in [0.2, 0.25) is 17.8 Å². The second kappa shape index (κ2) is 7.04. The monoisotopic (exact) mass is 335 g/mol. The number of rotatable bonds is 5. The van der Waals surface area contributed by atoms with Gasteiger partial charge in [0.15, 0.2) is 0 Å². The first-order chi connectivity index (χ1) is 12.0. The minimum atomic E-state index is 0.441. The lowest BCUT2D eigenvalue weighted by atomic mass is 10.1. The smallest absolute Gasteiger partial charge is 0.233 e. The Morgan fingerprint density at radius 1 is 0.720 bits per heavy atom. The quantitative estimate of drug-likeness (QED) is 0.528. The van der Waals surface area contributed by atoms with E-state index >= 15 is 0 Å². The maximum atomic E-state index is 5.71. The molecule has 0 fully saturated rings. The molecule has 0 unspecified atom stereocenters. The van der Waals surface area contributed by atoms with Crippen molar-refractivity contribution in [2.45, 2.75) is 13.8 Å².